The minimum absolute atomic E-state index is 0.0126. The van der Waals surface area contributed by atoms with E-state index in [1.807, 2.05) is 0 Å². The number of fused-ring (bicyclic) bond motifs is 1. The molecule has 2 fully saturated rings. The molecule has 1 amide bonds. The number of nitrogens with zero attached hydrogens (tertiary/aromatic N) is 6. The van der Waals surface area contributed by atoms with Crippen molar-refractivity contribution in [1.29, 1.82) is 0 Å². The highest BCUT2D eigenvalue weighted by molar-refractivity contribution is 6.74. The van der Waals surface area contributed by atoms with Gasteiger partial charge in [-0.2, -0.15) is 0 Å². The van der Waals surface area contributed by atoms with Crippen molar-refractivity contribution in [3.05, 3.63) is 77.2 Å². The minimum Gasteiger partial charge on any atom is -0.443 e. The first-order valence-corrected chi connectivity index (χ1v) is 18.0. The molecule has 1 N–H and O–H groups in total. The molecule has 0 radical (unpaired) electrons. The number of nitrogens with one attached hydrogen (secondary N) is 1. The summed E-state index contributed by atoms with van der Waals surface area (Å²) >= 11 is 6.01. The molecule has 1 saturated heterocycles. The Morgan fingerprint density at radius 2 is 1.93 bits per heavy atom. The third kappa shape index (κ3) is 6.68. The van der Waals surface area contributed by atoms with Gasteiger partial charge in [-0.05, 0) is 60.7 Å². The summed E-state index contributed by atoms with van der Waals surface area (Å²) < 4.78 is 14.4. The quantitative estimate of drug-likeness (QED) is 0.207. The van der Waals surface area contributed by atoms with Crippen LogP contribution >= 0.6 is 11.6 Å². The van der Waals surface area contributed by atoms with E-state index in [9.17, 15) is 4.79 Å². The number of carbonyl (C=O) groups excluding carboxylic acids is 1. The molecular weight excluding hydrogens is 582 g/mol. The Labute approximate surface area is 258 Å². The highest BCUT2D eigenvalue weighted by atomic mass is 35.5. The SMILES string of the molecule is CC(C)(C)[Si](C)(C)OC1C[C@H](c2cn3cc(C4CC4)ccc3n2)N(c2cc(NC(=O)OCc3cc(Cl)ccn3)ncn2)C1. The predicted molar refractivity (Wildman–Crippen MR) is 169 cm³/mol. The van der Waals surface area contributed by atoms with Crippen molar-refractivity contribution in [3.63, 3.8) is 0 Å². The first-order chi connectivity index (χ1) is 20.4. The van der Waals surface area contributed by atoms with Crippen LogP contribution < -0.4 is 10.2 Å². The topological polar surface area (TPSA) is 107 Å². The Kier molecular flexibility index (Phi) is 7.91. The van der Waals surface area contributed by atoms with E-state index in [2.05, 4.69) is 88.0 Å². The van der Waals surface area contributed by atoms with Crippen LogP contribution in [0.5, 0.6) is 0 Å². The van der Waals surface area contributed by atoms with Gasteiger partial charge in [0.05, 0.1) is 23.5 Å². The lowest BCUT2D eigenvalue weighted by molar-refractivity contribution is 0.153. The van der Waals surface area contributed by atoms with Gasteiger partial charge in [0.2, 0.25) is 0 Å². The average Bonchev–Trinajstić information content (AvgIpc) is 3.58. The molecule has 1 aliphatic carbocycles. The highest BCUT2D eigenvalue weighted by Gasteiger charge is 2.44. The maximum Gasteiger partial charge on any atom is 0.413 e. The number of hydrogen-bond donors (Lipinski definition) is 1. The van der Waals surface area contributed by atoms with Gasteiger partial charge in [-0.25, -0.2) is 19.7 Å². The zero-order valence-electron chi connectivity index (χ0n) is 25.2. The van der Waals surface area contributed by atoms with Gasteiger partial charge >= 0.3 is 6.09 Å². The van der Waals surface area contributed by atoms with E-state index in [-0.39, 0.29) is 23.8 Å². The fourth-order valence-corrected chi connectivity index (χ4v) is 6.78. The summed E-state index contributed by atoms with van der Waals surface area (Å²) in [4.78, 5) is 32.9. The molecule has 1 saturated carbocycles. The van der Waals surface area contributed by atoms with Gasteiger partial charge in [0.15, 0.2) is 8.32 Å². The molecule has 2 aliphatic rings. The molecule has 4 aromatic rings. The van der Waals surface area contributed by atoms with Gasteiger partial charge in [-0.1, -0.05) is 38.4 Å². The summed E-state index contributed by atoms with van der Waals surface area (Å²) in [7, 11) is -2.02. The first-order valence-electron chi connectivity index (χ1n) is 14.7. The second-order valence-corrected chi connectivity index (χ2v) is 18.2. The van der Waals surface area contributed by atoms with Crippen molar-refractivity contribution in [2.24, 2.45) is 0 Å². The van der Waals surface area contributed by atoms with Crippen LogP contribution in [0.3, 0.4) is 0 Å². The smallest absolute Gasteiger partial charge is 0.413 e. The van der Waals surface area contributed by atoms with Gasteiger partial charge in [0.25, 0.3) is 0 Å². The molecule has 6 rings (SSSR count). The van der Waals surface area contributed by atoms with Crippen molar-refractivity contribution in [1.82, 2.24) is 24.3 Å². The molecule has 4 aromatic heterocycles. The van der Waals surface area contributed by atoms with E-state index in [4.69, 9.17) is 25.7 Å². The maximum atomic E-state index is 12.6. The molecule has 2 atom stereocenters. The second kappa shape index (κ2) is 11.5. The number of ether oxygens (including phenoxy) is 1. The molecule has 43 heavy (non-hydrogen) atoms. The summed E-state index contributed by atoms with van der Waals surface area (Å²) in [6.45, 7) is 12.0. The third-order valence-corrected chi connectivity index (χ3v) is 13.5. The Bertz CT molecular complexity index is 1640. The number of aromatic nitrogens is 5. The van der Waals surface area contributed by atoms with Crippen LogP contribution in [-0.4, -0.2) is 51.4 Å². The summed E-state index contributed by atoms with van der Waals surface area (Å²) in [6.07, 6.45) is 10.0. The Hall–Kier alpha value is -3.54. The van der Waals surface area contributed by atoms with E-state index in [0.717, 1.165) is 17.8 Å². The molecule has 1 aliphatic heterocycles. The Balaban J connectivity index is 1.23. The monoisotopic (exact) mass is 619 g/mol. The molecule has 226 valence electrons. The fraction of sp³-hybridized carbons (Fsp3) is 0.452. The zero-order valence-corrected chi connectivity index (χ0v) is 27.0. The van der Waals surface area contributed by atoms with Gasteiger partial charge in [0.1, 0.15) is 30.2 Å². The molecule has 10 nitrogen and oxygen atoms in total. The van der Waals surface area contributed by atoms with E-state index >= 15 is 0 Å². The number of pyridine rings is 2. The highest BCUT2D eigenvalue weighted by Crippen LogP contribution is 2.43. The summed E-state index contributed by atoms with van der Waals surface area (Å²) in [6, 6.07) is 9.34. The normalized spacial score (nSPS) is 19.2. The predicted octanol–water partition coefficient (Wildman–Crippen LogP) is 7.14. The Morgan fingerprint density at radius 1 is 1.12 bits per heavy atom. The number of imidazole rings is 1. The summed E-state index contributed by atoms with van der Waals surface area (Å²) in [5, 5.41) is 3.33. The lowest BCUT2D eigenvalue weighted by Crippen LogP contribution is -2.44. The van der Waals surface area contributed by atoms with Gasteiger partial charge in [-0.15, -0.1) is 0 Å². The number of hydrogen-bond acceptors (Lipinski definition) is 8. The van der Waals surface area contributed by atoms with Crippen LogP contribution in [0.2, 0.25) is 23.2 Å². The van der Waals surface area contributed by atoms with Gasteiger partial charge < -0.3 is 18.5 Å². The number of anilines is 2. The lowest BCUT2D eigenvalue weighted by Gasteiger charge is -2.38. The summed E-state index contributed by atoms with van der Waals surface area (Å²) in [5.74, 6) is 1.69. The van der Waals surface area contributed by atoms with Crippen LogP contribution in [0.4, 0.5) is 16.4 Å². The number of halogens is 1. The van der Waals surface area contributed by atoms with Crippen LogP contribution in [-0.2, 0) is 15.8 Å². The summed E-state index contributed by atoms with van der Waals surface area (Å²) in [5.41, 5.74) is 3.81. The minimum atomic E-state index is -2.02. The van der Waals surface area contributed by atoms with E-state index in [1.165, 1.54) is 24.7 Å². The largest absolute Gasteiger partial charge is 0.443 e. The van der Waals surface area contributed by atoms with Crippen molar-refractivity contribution in [2.75, 3.05) is 16.8 Å². The van der Waals surface area contributed by atoms with Gasteiger partial charge in [0, 0.05) is 42.6 Å². The molecular formula is C31H38ClN7O3Si. The van der Waals surface area contributed by atoms with E-state index in [1.54, 1.807) is 24.4 Å². The van der Waals surface area contributed by atoms with E-state index in [0.29, 0.717) is 34.8 Å². The maximum absolute atomic E-state index is 12.6. The van der Waals surface area contributed by atoms with Crippen molar-refractivity contribution in [3.8, 4) is 0 Å². The molecule has 0 aromatic carbocycles. The fourth-order valence-electron chi connectivity index (χ4n) is 5.24. The molecule has 5 heterocycles. The van der Waals surface area contributed by atoms with Crippen LogP contribution in [0.25, 0.3) is 5.65 Å². The standard InChI is InChI=1S/C31H38ClN7O3Si/c1-31(2,3)43(4,5)42-24-13-26(25-17-38-15-21(20-6-7-20)8-9-28(38)36-25)39(16-24)29-14-27(34-19-35-29)37-30(40)41-18-23-12-22(32)10-11-33-23/h8-12,14-15,17,19-20,24,26H,6-7,13,16,18H2,1-5H3,(H,34,35,37,40)/t24?,26-/m1/s1. The first kappa shape index (κ1) is 29.5. The van der Waals surface area contributed by atoms with Crippen molar-refractivity contribution >= 4 is 43.3 Å². The third-order valence-electron chi connectivity index (χ3n) is 8.72. The average molecular weight is 620 g/mol. The van der Waals surface area contributed by atoms with Crippen LogP contribution in [0.15, 0.2) is 55.2 Å². The lowest BCUT2D eigenvalue weighted by atomic mass is 10.1. The van der Waals surface area contributed by atoms with Crippen molar-refractivity contribution < 1.29 is 14.0 Å². The zero-order chi connectivity index (χ0) is 30.4. The number of amides is 1. The second-order valence-electron chi connectivity index (χ2n) is 13.0. The molecule has 12 heteroatoms. The molecule has 1 unspecified atom stereocenters. The van der Waals surface area contributed by atoms with Crippen LogP contribution in [0.1, 0.15) is 68.9 Å². The van der Waals surface area contributed by atoms with Crippen LogP contribution in [0, 0.1) is 0 Å². The molecule has 0 spiro atoms. The van der Waals surface area contributed by atoms with Gasteiger partial charge in [-0.3, -0.25) is 10.3 Å². The molecule has 0 bridgehead atoms. The van der Waals surface area contributed by atoms with Crippen molar-refractivity contribution in [2.45, 2.75) is 82.8 Å². The van der Waals surface area contributed by atoms with E-state index < -0.39 is 14.4 Å². The number of carbonyl (C=O) groups is 1. The number of rotatable bonds is 8. The Morgan fingerprint density at radius 3 is 2.67 bits per heavy atom.